The first kappa shape index (κ1) is 13.2. The van der Waals surface area contributed by atoms with E-state index in [1.54, 1.807) is 11.0 Å². The highest BCUT2D eigenvalue weighted by atomic mass is 16.5. The summed E-state index contributed by atoms with van der Waals surface area (Å²) in [6, 6.07) is 1.70. The molecule has 1 rings (SSSR count). The molecule has 0 aliphatic heterocycles. The van der Waals surface area contributed by atoms with Crippen LogP contribution in [-0.2, 0) is 4.79 Å². The number of ether oxygens (including phenoxy) is 1. The molecule has 0 amide bonds. The van der Waals surface area contributed by atoms with Crippen molar-refractivity contribution in [2.75, 3.05) is 25.1 Å². The first-order valence-corrected chi connectivity index (χ1v) is 5.43. The van der Waals surface area contributed by atoms with Crippen LogP contribution in [0.3, 0.4) is 0 Å². The molecule has 0 aromatic carbocycles. The van der Waals surface area contributed by atoms with Crippen LogP contribution in [0.5, 0.6) is 5.88 Å². The molecule has 1 N–H and O–H groups in total. The van der Waals surface area contributed by atoms with E-state index in [4.69, 9.17) is 9.84 Å². The van der Waals surface area contributed by atoms with Gasteiger partial charge < -0.3 is 14.7 Å². The smallest absolute Gasteiger partial charge is 0.323 e. The van der Waals surface area contributed by atoms with Crippen LogP contribution in [0.25, 0.3) is 0 Å². The van der Waals surface area contributed by atoms with Gasteiger partial charge in [0.15, 0.2) is 0 Å². The zero-order chi connectivity index (χ0) is 12.8. The van der Waals surface area contributed by atoms with Crippen LogP contribution >= 0.6 is 0 Å². The molecule has 0 bridgehead atoms. The minimum atomic E-state index is -0.900. The van der Waals surface area contributed by atoms with Gasteiger partial charge in [-0.3, -0.25) is 4.79 Å². The molecule has 0 aliphatic rings. The first-order chi connectivity index (χ1) is 8.06. The van der Waals surface area contributed by atoms with Gasteiger partial charge in [0.1, 0.15) is 6.54 Å². The Morgan fingerprint density at radius 1 is 1.53 bits per heavy atom. The number of carbonyl (C=O) groups is 1. The molecule has 6 nitrogen and oxygen atoms in total. The Labute approximate surface area is 100 Å². The monoisotopic (exact) mass is 239 g/mol. The zero-order valence-corrected chi connectivity index (χ0v) is 10.3. The quantitative estimate of drug-likeness (QED) is 0.801. The third-order valence-electron chi connectivity index (χ3n) is 2.13. The molecule has 0 saturated carbocycles. The second kappa shape index (κ2) is 6.03. The van der Waals surface area contributed by atoms with Crippen LogP contribution in [0.1, 0.15) is 19.0 Å². The van der Waals surface area contributed by atoms with Crippen molar-refractivity contribution in [2.45, 2.75) is 20.3 Å². The summed E-state index contributed by atoms with van der Waals surface area (Å²) in [6.07, 6.45) is 0.826. The van der Waals surface area contributed by atoms with E-state index in [0.29, 0.717) is 18.4 Å². The van der Waals surface area contributed by atoms with Crippen molar-refractivity contribution in [3.63, 3.8) is 0 Å². The predicted octanol–water partition coefficient (Wildman–Crippen LogP) is 1.09. The van der Waals surface area contributed by atoms with E-state index in [1.165, 1.54) is 7.11 Å². The Morgan fingerprint density at radius 2 is 2.24 bits per heavy atom. The third kappa shape index (κ3) is 3.90. The zero-order valence-electron chi connectivity index (χ0n) is 10.3. The molecule has 6 heteroatoms. The molecule has 0 fully saturated rings. The highest BCUT2D eigenvalue weighted by Crippen LogP contribution is 2.15. The van der Waals surface area contributed by atoms with Crippen molar-refractivity contribution >= 4 is 11.9 Å². The lowest BCUT2D eigenvalue weighted by atomic mass is 10.4. The molecule has 1 aromatic heterocycles. The third-order valence-corrected chi connectivity index (χ3v) is 2.13. The average Bonchev–Trinajstić information content (AvgIpc) is 2.27. The van der Waals surface area contributed by atoms with Crippen LogP contribution in [-0.4, -0.2) is 41.2 Å². The molecule has 1 heterocycles. The standard InChI is InChI=1S/C11H17N3O3/c1-4-5-14(7-10(15)16)11-12-8(2)6-9(13-11)17-3/h6H,4-5,7H2,1-3H3,(H,15,16). The van der Waals surface area contributed by atoms with Crippen LogP contribution in [0.4, 0.5) is 5.95 Å². The molecule has 0 unspecified atom stereocenters. The number of aryl methyl sites for hydroxylation is 1. The van der Waals surface area contributed by atoms with Gasteiger partial charge in [0.2, 0.25) is 11.8 Å². The average molecular weight is 239 g/mol. The van der Waals surface area contributed by atoms with Crippen molar-refractivity contribution < 1.29 is 14.6 Å². The highest BCUT2D eigenvalue weighted by Gasteiger charge is 2.14. The molecule has 0 saturated heterocycles. The summed E-state index contributed by atoms with van der Waals surface area (Å²) < 4.78 is 5.04. The van der Waals surface area contributed by atoms with Crippen LogP contribution in [0.2, 0.25) is 0 Å². The summed E-state index contributed by atoms with van der Waals surface area (Å²) in [5.74, 6) is -0.0624. The predicted molar refractivity (Wildman–Crippen MR) is 63.5 cm³/mol. The van der Waals surface area contributed by atoms with Crippen molar-refractivity contribution in [1.82, 2.24) is 9.97 Å². The number of nitrogens with zero attached hydrogens (tertiary/aromatic N) is 3. The molecule has 0 radical (unpaired) electrons. The van der Waals surface area contributed by atoms with Gasteiger partial charge in [-0.05, 0) is 13.3 Å². The lowest BCUT2D eigenvalue weighted by Gasteiger charge is -2.20. The molecular weight excluding hydrogens is 222 g/mol. The van der Waals surface area contributed by atoms with Gasteiger partial charge in [0, 0.05) is 18.3 Å². The Balaban J connectivity index is 2.99. The van der Waals surface area contributed by atoms with Gasteiger partial charge in [-0.15, -0.1) is 0 Å². The van der Waals surface area contributed by atoms with Gasteiger partial charge in [-0.2, -0.15) is 4.98 Å². The molecule has 94 valence electrons. The molecule has 0 atom stereocenters. The van der Waals surface area contributed by atoms with Crippen molar-refractivity contribution in [3.05, 3.63) is 11.8 Å². The lowest BCUT2D eigenvalue weighted by molar-refractivity contribution is -0.135. The summed E-state index contributed by atoms with van der Waals surface area (Å²) in [6.45, 7) is 4.28. The Morgan fingerprint density at radius 3 is 2.76 bits per heavy atom. The van der Waals surface area contributed by atoms with Crippen molar-refractivity contribution in [1.29, 1.82) is 0 Å². The fourth-order valence-corrected chi connectivity index (χ4v) is 1.45. The number of anilines is 1. The van der Waals surface area contributed by atoms with Gasteiger partial charge in [-0.25, -0.2) is 4.98 Å². The second-order valence-corrected chi connectivity index (χ2v) is 3.67. The van der Waals surface area contributed by atoms with E-state index in [9.17, 15) is 4.79 Å². The van der Waals surface area contributed by atoms with E-state index in [1.807, 2.05) is 13.8 Å². The van der Waals surface area contributed by atoms with Crippen LogP contribution in [0.15, 0.2) is 6.07 Å². The van der Waals surface area contributed by atoms with E-state index in [2.05, 4.69) is 9.97 Å². The maximum absolute atomic E-state index is 10.8. The number of carboxylic acids is 1. The SMILES string of the molecule is CCCN(CC(=O)O)c1nc(C)cc(OC)n1. The van der Waals surface area contributed by atoms with E-state index in [-0.39, 0.29) is 6.54 Å². The summed E-state index contributed by atoms with van der Waals surface area (Å²) in [5, 5.41) is 8.84. The van der Waals surface area contributed by atoms with Crippen molar-refractivity contribution in [2.24, 2.45) is 0 Å². The highest BCUT2D eigenvalue weighted by molar-refractivity contribution is 5.72. The Kier molecular flexibility index (Phi) is 4.68. The molecule has 0 aliphatic carbocycles. The number of methoxy groups -OCH3 is 1. The Bertz CT molecular complexity index is 396. The normalized spacial score (nSPS) is 10.1. The topological polar surface area (TPSA) is 75.6 Å². The molecule has 0 spiro atoms. The van der Waals surface area contributed by atoms with Gasteiger partial charge in [0.25, 0.3) is 0 Å². The number of rotatable bonds is 6. The van der Waals surface area contributed by atoms with E-state index < -0.39 is 5.97 Å². The van der Waals surface area contributed by atoms with Gasteiger partial charge in [-0.1, -0.05) is 6.92 Å². The van der Waals surface area contributed by atoms with E-state index in [0.717, 1.165) is 12.1 Å². The molecular formula is C11H17N3O3. The first-order valence-electron chi connectivity index (χ1n) is 5.43. The van der Waals surface area contributed by atoms with Crippen molar-refractivity contribution in [3.8, 4) is 5.88 Å². The van der Waals surface area contributed by atoms with Gasteiger partial charge in [0.05, 0.1) is 7.11 Å². The number of hydrogen-bond acceptors (Lipinski definition) is 5. The summed E-state index contributed by atoms with van der Waals surface area (Å²) in [5.41, 5.74) is 0.748. The fraction of sp³-hybridized carbons (Fsp3) is 0.545. The lowest BCUT2D eigenvalue weighted by Crippen LogP contribution is -2.32. The minimum absolute atomic E-state index is 0.111. The molecule has 1 aromatic rings. The summed E-state index contributed by atoms with van der Waals surface area (Å²) in [4.78, 5) is 20.8. The van der Waals surface area contributed by atoms with Crippen LogP contribution < -0.4 is 9.64 Å². The maximum Gasteiger partial charge on any atom is 0.323 e. The number of aromatic nitrogens is 2. The van der Waals surface area contributed by atoms with E-state index >= 15 is 0 Å². The summed E-state index contributed by atoms with van der Waals surface area (Å²) >= 11 is 0. The fourth-order valence-electron chi connectivity index (χ4n) is 1.45. The molecule has 17 heavy (non-hydrogen) atoms. The minimum Gasteiger partial charge on any atom is -0.481 e. The number of hydrogen-bond donors (Lipinski definition) is 1. The second-order valence-electron chi connectivity index (χ2n) is 3.67. The summed E-state index contributed by atoms with van der Waals surface area (Å²) in [7, 11) is 1.52. The largest absolute Gasteiger partial charge is 0.481 e. The Hall–Kier alpha value is -1.85. The number of aliphatic carboxylic acids is 1. The van der Waals surface area contributed by atoms with Gasteiger partial charge >= 0.3 is 5.97 Å². The number of carboxylic acid groups (broad SMARTS) is 1. The maximum atomic E-state index is 10.8. The van der Waals surface area contributed by atoms with Crippen LogP contribution in [0, 0.1) is 6.92 Å².